The van der Waals surface area contributed by atoms with Gasteiger partial charge in [-0.25, -0.2) is 4.98 Å². The van der Waals surface area contributed by atoms with E-state index >= 15 is 0 Å². The molecule has 0 fully saturated rings. The van der Waals surface area contributed by atoms with Crippen LogP contribution in [0.1, 0.15) is 42.4 Å². The molecule has 3 rings (SSSR count). The predicted octanol–water partition coefficient (Wildman–Crippen LogP) is 4.90. The average Bonchev–Trinajstić information content (AvgIpc) is 3.31. The van der Waals surface area contributed by atoms with E-state index in [0.29, 0.717) is 38.4 Å². The molecule has 1 heterocycles. The summed E-state index contributed by atoms with van der Waals surface area (Å²) in [5.74, 6) is 0.761. The summed E-state index contributed by atoms with van der Waals surface area (Å²) in [6, 6.07) is 17.5. The van der Waals surface area contributed by atoms with Crippen LogP contribution in [0.4, 0.5) is 5.13 Å². The average molecular weight is 468 g/mol. The standard InChI is InChI=1S/C26H33N3O3S/c1-26(2,3)23-19-33-25(28-23)29(15-17-32-22-8-6-5-7-9-22)18-20-10-12-21(13-11-20)24(30)27-14-16-31-4/h5-13,19H,14-18H2,1-4H3,(H,27,30). The van der Waals surface area contributed by atoms with Crippen LogP contribution >= 0.6 is 11.3 Å². The van der Waals surface area contributed by atoms with Crippen molar-refractivity contribution in [2.75, 3.05) is 38.3 Å². The number of thiazole rings is 1. The Morgan fingerprint density at radius 1 is 1.06 bits per heavy atom. The number of hydrogen-bond acceptors (Lipinski definition) is 6. The number of benzene rings is 2. The number of para-hydroxylation sites is 1. The Morgan fingerprint density at radius 2 is 1.79 bits per heavy atom. The molecule has 0 saturated heterocycles. The third-order valence-electron chi connectivity index (χ3n) is 5.09. The van der Waals surface area contributed by atoms with Gasteiger partial charge in [-0.1, -0.05) is 51.1 Å². The van der Waals surface area contributed by atoms with Gasteiger partial charge in [-0.05, 0) is 29.8 Å². The fraction of sp³-hybridized carbons (Fsp3) is 0.385. The minimum absolute atomic E-state index is 0.00121. The number of nitrogens with zero attached hydrogens (tertiary/aromatic N) is 2. The summed E-state index contributed by atoms with van der Waals surface area (Å²) < 4.78 is 10.9. The second kappa shape index (κ2) is 11.8. The maximum atomic E-state index is 12.2. The van der Waals surface area contributed by atoms with E-state index in [9.17, 15) is 4.79 Å². The minimum atomic E-state index is -0.0959. The molecule has 1 aromatic heterocycles. The molecule has 33 heavy (non-hydrogen) atoms. The van der Waals surface area contributed by atoms with Gasteiger partial charge in [0, 0.05) is 36.6 Å². The number of amides is 1. The molecule has 3 aromatic rings. The Labute approximate surface area is 200 Å². The van der Waals surface area contributed by atoms with Crippen molar-refractivity contribution in [3.8, 4) is 5.75 Å². The Kier molecular flexibility index (Phi) is 8.86. The molecule has 0 aliphatic heterocycles. The lowest BCUT2D eigenvalue weighted by Gasteiger charge is -2.23. The van der Waals surface area contributed by atoms with Gasteiger partial charge in [0.25, 0.3) is 5.91 Å². The summed E-state index contributed by atoms with van der Waals surface area (Å²) in [6.07, 6.45) is 0. The third-order valence-corrected chi connectivity index (χ3v) is 5.99. The summed E-state index contributed by atoms with van der Waals surface area (Å²) in [6.45, 7) is 9.43. The van der Waals surface area contributed by atoms with Crippen molar-refractivity contribution >= 4 is 22.4 Å². The van der Waals surface area contributed by atoms with Crippen molar-refractivity contribution in [2.24, 2.45) is 0 Å². The number of methoxy groups -OCH3 is 1. The van der Waals surface area contributed by atoms with Crippen LogP contribution in [0.3, 0.4) is 0 Å². The monoisotopic (exact) mass is 467 g/mol. The lowest BCUT2D eigenvalue weighted by Crippen LogP contribution is -2.28. The first-order valence-electron chi connectivity index (χ1n) is 11.1. The number of carbonyl (C=O) groups is 1. The van der Waals surface area contributed by atoms with Crippen LogP contribution in [0, 0.1) is 0 Å². The number of carbonyl (C=O) groups excluding carboxylic acids is 1. The maximum absolute atomic E-state index is 12.2. The summed E-state index contributed by atoms with van der Waals surface area (Å²) in [7, 11) is 1.62. The molecule has 0 unspecified atom stereocenters. The molecule has 6 nitrogen and oxygen atoms in total. The first kappa shape index (κ1) is 24.7. The van der Waals surface area contributed by atoms with Crippen LogP contribution in [-0.4, -0.2) is 44.3 Å². The van der Waals surface area contributed by atoms with Crippen molar-refractivity contribution in [2.45, 2.75) is 32.7 Å². The normalized spacial score (nSPS) is 11.3. The molecule has 7 heteroatoms. The second-order valence-electron chi connectivity index (χ2n) is 8.79. The highest BCUT2D eigenvalue weighted by Gasteiger charge is 2.20. The molecule has 1 amide bonds. The molecule has 0 bridgehead atoms. The molecule has 0 aliphatic carbocycles. The van der Waals surface area contributed by atoms with Crippen molar-refractivity contribution < 1.29 is 14.3 Å². The summed E-state index contributed by atoms with van der Waals surface area (Å²) in [5, 5.41) is 5.95. The Bertz CT molecular complexity index is 998. The number of anilines is 1. The van der Waals surface area contributed by atoms with Gasteiger partial charge in [0.2, 0.25) is 0 Å². The van der Waals surface area contributed by atoms with Gasteiger partial charge < -0.3 is 19.7 Å². The fourth-order valence-electron chi connectivity index (χ4n) is 3.14. The van der Waals surface area contributed by atoms with E-state index in [1.54, 1.807) is 18.4 Å². The van der Waals surface area contributed by atoms with E-state index in [0.717, 1.165) is 22.1 Å². The van der Waals surface area contributed by atoms with Crippen molar-refractivity contribution in [1.82, 2.24) is 10.3 Å². The second-order valence-corrected chi connectivity index (χ2v) is 9.63. The van der Waals surface area contributed by atoms with Gasteiger partial charge in [0.15, 0.2) is 5.13 Å². The van der Waals surface area contributed by atoms with E-state index in [-0.39, 0.29) is 11.3 Å². The summed E-state index contributed by atoms with van der Waals surface area (Å²) >= 11 is 1.65. The highest BCUT2D eigenvalue weighted by molar-refractivity contribution is 7.13. The number of rotatable bonds is 11. The molecule has 176 valence electrons. The Hall–Kier alpha value is -2.90. The molecule has 1 N–H and O–H groups in total. The highest BCUT2D eigenvalue weighted by Crippen LogP contribution is 2.29. The lowest BCUT2D eigenvalue weighted by atomic mass is 9.93. The minimum Gasteiger partial charge on any atom is -0.492 e. The Balaban J connectivity index is 1.69. The quantitative estimate of drug-likeness (QED) is 0.406. The zero-order valence-corrected chi connectivity index (χ0v) is 20.7. The zero-order valence-electron chi connectivity index (χ0n) is 19.8. The molecule has 2 aromatic carbocycles. The number of hydrogen-bond donors (Lipinski definition) is 1. The van der Waals surface area contributed by atoms with Gasteiger partial charge in [-0.3, -0.25) is 4.79 Å². The number of aromatic nitrogens is 1. The molecule has 0 aliphatic rings. The van der Waals surface area contributed by atoms with E-state index in [1.165, 1.54) is 0 Å². The van der Waals surface area contributed by atoms with E-state index < -0.39 is 0 Å². The maximum Gasteiger partial charge on any atom is 0.251 e. The molecule has 0 atom stereocenters. The fourth-order valence-corrected chi connectivity index (χ4v) is 4.22. The SMILES string of the molecule is COCCNC(=O)c1ccc(CN(CCOc2ccccc2)c2nc(C(C)(C)C)cs2)cc1. The summed E-state index contributed by atoms with van der Waals surface area (Å²) in [4.78, 5) is 19.4. The lowest BCUT2D eigenvalue weighted by molar-refractivity contribution is 0.0937. The van der Waals surface area contributed by atoms with Crippen molar-refractivity contribution in [3.63, 3.8) is 0 Å². The number of nitrogens with one attached hydrogen (secondary N) is 1. The topological polar surface area (TPSA) is 63.7 Å². The Morgan fingerprint density at radius 3 is 2.42 bits per heavy atom. The first-order chi connectivity index (χ1) is 15.9. The van der Waals surface area contributed by atoms with Crippen LogP contribution in [0.25, 0.3) is 0 Å². The highest BCUT2D eigenvalue weighted by atomic mass is 32.1. The van der Waals surface area contributed by atoms with Crippen molar-refractivity contribution in [3.05, 3.63) is 76.8 Å². The van der Waals surface area contributed by atoms with Gasteiger partial charge in [-0.2, -0.15) is 0 Å². The van der Waals surface area contributed by atoms with Gasteiger partial charge in [-0.15, -0.1) is 11.3 Å². The molecule has 0 radical (unpaired) electrons. The van der Waals surface area contributed by atoms with E-state index in [2.05, 4.69) is 36.4 Å². The summed E-state index contributed by atoms with van der Waals surface area (Å²) in [5.41, 5.74) is 2.83. The smallest absolute Gasteiger partial charge is 0.251 e. The van der Waals surface area contributed by atoms with Crippen molar-refractivity contribution in [1.29, 1.82) is 0 Å². The van der Waals surface area contributed by atoms with E-state index in [1.807, 2.05) is 54.6 Å². The largest absolute Gasteiger partial charge is 0.492 e. The first-order valence-corrected chi connectivity index (χ1v) is 12.0. The van der Waals surface area contributed by atoms with Crippen LogP contribution in [0.5, 0.6) is 5.75 Å². The molecule has 0 saturated carbocycles. The van der Waals surface area contributed by atoms with Gasteiger partial charge in [0.05, 0.1) is 18.8 Å². The molecule has 0 spiro atoms. The predicted molar refractivity (Wildman–Crippen MR) is 134 cm³/mol. The molecular weight excluding hydrogens is 434 g/mol. The van der Waals surface area contributed by atoms with Gasteiger partial charge >= 0.3 is 0 Å². The van der Waals surface area contributed by atoms with Crippen LogP contribution < -0.4 is 15.0 Å². The zero-order chi connectivity index (χ0) is 23.7. The third kappa shape index (κ3) is 7.58. The molecular formula is C26H33N3O3S. The van der Waals surface area contributed by atoms with E-state index in [4.69, 9.17) is 14.5 Å². The van der Waals surface area contributed by atoms with Gasteiger partial charge in [0.1, 0.15) is 12.4 Å². The number of ether oxygens (including phenoxy) is 2. The van der Waals surface area contributed by atoms with Crippen LogP contribution in [-0.2, 0) is 16.7 Å². The van der Waals surface area contributed by atoms with Crippen LogP contribution in [0.2, 0.25) is 0 Å². The van der Waals surface area contributed by atoms with Crippen LogP contribution in [0.15, 0.2) is 60.0 Å².